The molecular weight excluding hydrogens is 348 g/mol. The van der Waals surface area contributed by atoms with Gasteiger partial charge in [0, 0.05) is 43.6 Å². The molecule has 1 aliphatic rings. The molecule has 6 nitrogen and oxygen atoms in total. The minimum atomic E-state index is 0.416. The number of aromatic nitrogens is 3. The van der Waals surface area contributed by atoms with Crippen molar-refractivity contribution in [2.45, 2.75) is 32.9 Å². The highest BCUT2D eigenvalue weighted by molar-refractivity contribution is 5.83. The molecule has 0 radical (unpaired) electrons. The van der Waals surface area contributed by atoms with Crippen LogP contribution in [0.15, 0.2) is 60.2 Å². The number of piperidine rings is 1. The van der Waals surface area contributed by atoms with Gasteiger partial charge < -0.3 is 14.8 Å². The van der Waals surface area contributed by atoms with Crippen LogP contribution in [-0.4, -0.2) is 45.0 Å². The molecule has 0 saturated carbocycles. The van der Waals surface area contributed by atoms with Crippen molar-refractivity contribution in [1.29, 1.82) is 0 Å². The van der Waals surface area contributed by atoms with Gasteiger partial charge in [-0.05, 0) is 30.9 Å². The summed E-state index contributed by atoms with van der Waals surface area (Å²) in [5.41, 5.74) is 2.19. The van der Waals surface area contributed by atoms with Crippen molar-refractivity contribution in [1.82, 2.24) is 24.8 Å². The van der Waals surface area contributed by atoms with Crippen molar-refractivity contribution in [3.63, 3.8) is 0 Å². The molecule has 3 heterocycles. The molecule has 1 N–H and O–H groups in total. The average Bonchev–Trinajstić information content (AvgIpc) is 3.26. The Bertz CT molecular complexity index is 928. The van der Waals surface area contributed by atoms with Crippen LogP contribution in [0.3, 0.4) is 0 Å². The van der Waals surface area contributed by atoms with Crippen LogP contribution in [0.4, 0.5) is 0 Å². The lowest BCUT2D eigenvalue weighted by Gasteiger charge is -2.39. The van der Waals surface area contributed by atoms with Gasteiger partial charge in [-0.25, -0.2) is 9.98 Å². The summed E-state index contributed by atoms with van der Waals surface area (Å²) in [6.07, 6.45) is 8.84. The second-order valence-electron chi connectivity index (χ2n) is 7.45. The van der Waals surface area contributed by atoms with Gasteiger partial charge in [-0.2, -0.15) is 0 Å². The van der Waals surface area contributed by atoms with Crippen molar-refractivity contribution in [2.75, 3.05) is 19.6 Å². The van der Waals surface area contributed by atoms with Crippen LogP contribution >= 0.6 is 0 Å². The zero-order valence-electron chi connectivity index (χ0n) is 16.6. The highest BCUT2D eigenvalue weighted by Crippen LogP contribution is 2.27. The summed E-state index contributed by atoms with van der Waals surface area (Å²) >= 11 is 0. The number of fused-ring (bicyclic) bond motifs is 1. The molecule has 2 aromatic heterocycles. The standard InChI is InChI=1S/C22H28N6/c1-3-24-22(26-14-19-7-4-6-18-8-5-10-25-21(18)19)27-12-9-17(2)20(15-27)28-13-11-23-16-28/h4-8,10-11,13,16-17,20H,3,9,12,14-15H2,1-2H3,(H,24,26). The highest BCUT2D eigenvalue weighted by atomic mass is 15.3. The molecule has 0 bridgehead atoms. The summed E-state index contributed by atoms with van der Waals surface area (Å²) < 4.78 is 2.23. The minimum Gasteiger partial charge on any atom is -0.357 e. The minimum absolute atomic E-state index is 0.416. The van der Waals surface area contributed by atoms with Crippen molar-refractivity contribution in [2.24, 2.45) is 10.9 Å². The van der Waals surface area contributed by atoms with Crippen molar-refractivity contribution < 1.29 is 0 Å². The number of para-hydroxylation sites is 1. The quantitative estimate of drug-likeness (QED) is 0.559. The van der Waals surface area contributed by atoms with Crippen LogP contribution in [0, 0.1) is 5.92 Å². The van der Waals surface area contributed by atoms with Gasteiger partial charge in [0.1, 0.15) is 0 Å². The largest absolute Gasteiger partial charge is 0.357 e. The van der Waals surface area contributed by atoms with E-state index in [-0.39, 0.29) is 0 Å². The van der Waals surface area contributed by atoms with E-state index in [1.165, 1.54) is 0 Å². The van der Waals surface area contributed by atoms with Crippen molar-refractivity contribution in [3.05, 3.63) is 60.8 Å². The summed E-state index contributed by atoms with van der Waals surface area (Å²) in [7, 11) is 0. The number of likely N-dealkylation sites (tertiary alicyclic amines) is 1. The van der Waals surface area contributed by atoms with Crippen LogP contribution in [0.5, 0.6) is 0 Å². The number of guanidine groups is 1. The summed E-state index contributed by atoms with van der Waals surface area (Å²) in [5, 5.41) is 4.64. The first-order valence-corrected chi connectivity index (χ1v) is 10.1. The van der Waals surface area contributed by atoms with E-state index in [1.54, 1.807) is 0 Å². The number of nitrogens with zero attached hydrogens (tertiary/aromatic N) is 5. The molecular formula is C22H28N6. The Morgan fingerprint density at radius 3 is 2.96 bits per heavy atom. The first-order valence-electron chi connectivity index (χ1n) is 10.1. The maximum absolute atomic E-state index is 4.96. The van der Waals surface area contributed by atoms with Gasteiger partial charge in [0.05, 0.1) is 24.4 Å². The Labute approximate surface area is 166 Å². The Hall–Kier alpha value is -2.89. The Morgan fingerprint density at radius 2 is 2.14 bits per heavy atom. The first-order chi connectivity index (χ1) is 13.8. The molecule has 146 valence electrons. The number of hydrogen-bond acceptors (Lipinski definition) is 3. The van der Waals surface area contributed by atoms with Crippen molar-refractivity contribution >= 4 is 16.9 Å². The van der Waals surface area contributed by atoms with E-state index in [9.17, 15) is 0 Å². The van der Waals surface area contributed by atoms with Gasteiger partial charge in [-0.1, -0.05) is 31.2 Å². The van der Waals surface area contributed by atoms with Gasteiger partial charge >= 0.3 is 0 Å². The molecule has 28 heavy (non-hydrogen) atoms. The second-order valence-corrected chi connectivity index (χ2v) is 7.45. The lowest BCUT2D eigenvalue weighted by Crippen LogP contribution is -2.49. The van der Waals surface area contributed by atoms with Gasteiger partial charge in [0.2, 0.25) is 0 Å². The number of nitrogens with one attached hydrogen (secondary N) is 1. The predicted molar refractivity (Wildman–Crippen MR) is 113 cm³/mol. The number of aliphatic imine (C=N–C) groups is 1. The average molecular weight is 377 g/mol. The molecule has 6 heteroatoms. The van der Waals surface area contributed by atoms with E-state index in [2.05, 4.69) is 69.1 Å². The predicted octanol–water partition coefficient (Wildman–Crippen LogP) is 3.48. The lowest BCUT2D eigenvalue weighted by molar-refractivity contribution is 0.189. The van der Waals surface area contributed by atoms with Crippen LogP contribution in [0.25, 0.3) is 10.9 Å². The SMILES string of the molecule is CCNC(=NCc1cccc2cccnc12)N1CCC(C)C(n2ccnc2)C1. The zero-order valence-corrected chi connectivity index (χ0v) is 16.6. The van der Waals surface area contributed by atoms with Gasteiger partial charge in [0.25, 0.3) is 0 Å². The summed E-state index contributed by atoms with van der Waals surface area (Å²) in [5.74, 6) is 1.60. The van der Waals surface area contributed by atoms with E-state index in [0.29, 0.717) is 18.5 Å². The fraction of sp³-hybridized carbons (Fsp3) is 0.409. The van der Waals surface area contributed by atoms with E-state index >= 15 is 0 Å². The fourth-order valence-corrected chi connectivity index (χ4v) is 3.98. The molecule has 2 unspecified atom stereocenters. The maximum atomic E-state index is 4.96. The van der Waals surface area contributed by atoms with Gasteiger partial charge in [-0.3, -0.25) is 4.98 Å². The number of hydrogen-bond donors (Lipinski definition) is 1. The molecule has 1 fully saturated rings. The molecule has 2 atom stereocenters. The molecule has 3 aromatic rings. The summed E-state index contributed by atoms with van der Waals surface area (Å²) in [6.45, 7) is 7.89. The lowest BCUT2D eigenvalue weighted by atomic mass is 9.93. The van der Waals surface area contributed by atoms with Crippen LogP contribution in [0.1, 0.15) is 31.9 Å². The second kappa shape index (κ2) is 8.42. The molecule has 1 saturated heterocycles. The van der Waals surface area contributed by atoms with Crippen LogP contribution in [0.2, 0.25) is 0 Å². The van der Waals surface area contributed by atoms with Crippen LogP contribution < -0.4 is 5.32 Å². The third-order valence-corrected chi connectivity index (χ3v) is 5.58. The molecule has 0 amide bonds. The fourth-order valence-electron chi connectivity index (χ4n) is 3.98. The molecule has 0 spiro atoms. The number of imidazole rings is 1. The van der Waals surface area contributed by atoms with E-state index in [4.69, 9.17) is 4.99 Å². The zero-order chi connectivity index (χ0) is 19.3. The number of pyridine rings is 1. The summed E-state index contributed by atoms with van der Waals surface area (Å²) in [6, 6.07) is 10.8. The topological polar surface area (TPSA) is 58.3 Å². The van der Waals surface area contributed by atoms with E-state index < -0.39 is 0 Å². The molecule has 1 aromatic carbocycles. The monoisotopic (exact) mass is 376 g/mol. The highest BCUT2D eigenvalue weighted by Gasteiger charge is 2.28. The Kier molecular flexibility index (Phi) is 5.55. The smallest absolute Gasteiger partial charge is 0.194 e. The number of rotatable bonds is 4. The molecule has 1 aliphatic heterocycles. The van der Waals surface area contributed by atoms with E-state index in [0.717, 1.165) is 48.5 Å². The maximum Gasteiger partial charge on any atom is 0.194 e. The van der Waals surface area contributed by atoms with E-state index in [1.807, 2.05) is 24.8 Å². The third kappa shape index (κ3) is 3.86. The third-order valence-electron chi connectivity index (χ3n) is 5.58. The Morgan fingerprint density at radius 1 is 1.25 bits per heavy atom. The van der Waals surface area contributed by atoms with Gasteiger partial charge in [0.15, 0.2) is 5.96 Å². The van der Waals surface area contributed by atoms with Crippen molar-refractivity contribution in [3.8, 4) is 0 Å². The first kappa shape index (κ1) is 18.5. The summed E-state index contributed by atoms with van der Waals surface area (Å²) in [4.78, 5) is 16.1. The van der Waals surface area contributed by atoms with Crippen LogP contribution in [-0.2, 0) is 6.54 Å². The normalized spacial score (nSPS) is 20.5. The Balaban J connectivity index is 1.56. The van der Waals surface area contributed by atoms with Gasteiger partial charge in [-0.15, -0.1) is 0 Å². The number of benzene rings is 1. The molecule has 4 rings (SSSR count). The molecule has 0 aliphatic carbocycles.